The maximum atomic E-state index is 12.1. The first-order valence-electron chi connectivity index (χ1n) is 9.54. The molecule has 2 aromatic rings. The van der Waals surface area contributed by atoms with Crippen LogP contribution >= 0.6 is 11.8 Å². The third-order valence-electron chi connectivity index (χ3n) is 4.97. The maximum absolute atomic E-state index is 12.1. The van der Waals surface area contributed by atoms with Crippen molar-refractivity contribution in [1.29, 1.82) is 0 Å². The first kappa shape index (κ1) is 19.0. The van der Waals surface area contributed by atoms with Crippen LogP contribution in [0.15, 0.2) is 29.4 Å². The summed E-state index contributed by atoms with van der Waals surface area (Å²) >= 11 is 1.37. The molecule has 1 aliphatic rings. The fourth-order valence-electron chi connectivity index (χ4n) is 3.37. The molecule has 0 atom stereocenters. The number of rotatable bonds is 8. The van der Waals surface area contributed by atoms with Crippen LogP contribution in [0.1, 0.15) is 63.3 Å². The largest absolute Gasteiger partial charge is 0.325 e. The summed E-state index contributed by atoms with van der Waals surface area (Å²) in [5, 5.41) is 10.8. The van der Waals surface area contributed by atoms with Gasteiger partial charge in [-0.1, -0.05) is 63.4 Å². The molecule has 0 bridgehead atoms. The van der Waals surface area contributed by atoms with Crippen LogP contribution < -0.4 is 5.32 Å². The van der Waals surface area contributed by atoms with Gasteiger partial charge < -0.3 is 5.32 Å². The molecule has 1 heterocycles. The van der Waals surface area contributed by atoms with E-state index >= 15 is 0 Å². The molecule has 26 heavy (non-hydrogen) atoms. The van der Waals surface area contributed by atoms with Gasteiger partial charge in [0, 0.05) is 12.1 Å². The first-order chi connectivity index (χ1) is 12.6. The quantitative estimate of drug-likeness (QED) is 0.654. The second kappa shape index (κ2) is 9.21. The number of thioether (sulfide) groups is 1. The number of hydrogen-bond acceptors (Lipinski definition) is 4. The lowest BCUT2D eigenvalue weighted by atomic mass is 10.0. The molecule has 1 aromatic heterocycles. The van der Waals surface area contributed by atoms with E-state index in [1.54, 1.807) is 0 Å². The third kappa shape index (κ3) is 5.59. The molecule has 0 radical (unpaired) electrons. The van der Waals surface area contributed by atoms with Crippen molar-refractivity contribution in [3.05, 3.63) is 35.7 Å². The minimum absolute atomic E-state index is 0.0374. The van der Waals surface area contributed by atoms with Gasteiger partial charge in [-0.3, -0.25) is 9.89 Å². The minimum Gasteiger partial charge on any atom is -0.325 e. The van der Waals surface area contributed by atoms with Gasteiger partial charge in [-0.25, -0.2) is 4.98 Å². The van der Waals surface area contributed by atoms with Crippen molar-refractivity contribution in [3.8, 4) is 0 Å². The average molecular weight is 373 g/mol. The lowest BCUT2D eigenvalue weighted by Gasteiger charge is -2.08. The van der Waals surface area contributed by atoms with Crippen LogP contribution in [-0.4, -0.2) is 26.8 Å². The molecule has 0 aliphatic heterocycles. The molecular formula is C20H28N4OS. The van der Waals surface area contributed by atoms with E-state index in [2.05, 4.69) is 46.5 Å². The molecule has 0 saturated heterocycles. The fourth-order valence-corrected chi connectivity index (χ4v) is 3.99. The summed E-state index contributed by atoms with van der Waals surface area (Å²) in [6, 6.07) is 8.01. The smallest absolute Gasteiger partial charge is 0.234 e. The predicted molar refractivity (Wildman–Crippen MR) is 107 cm³/mol. The number of carbonyl (C=O) groups excluding carboxylic acids is 1. The van der Waals surface area contributed by atoms with E-state index in [0.29, 0.717) is 16.8 Å². The van der Waals surface area contributed by atoms with Crippen molar-refractivity contribution in [3.63, 3.8) is 0 Å². The number of nitrogens with zero attached hydrogens (tertiary/aromatic N) is 2. The highest BCUT2D eigenvalue weighted by Gasteiger charge is 2.16. The molecule has 2 N–H and O–H groups in total. The zero-order valence-corrected chi connectivity index (χ0v) is 16.4. The molecule has 140 valence electrons. The summed E-state index contributed by atoms with van der Waals surface area (Å²) in [5.41, 5.74) is 2.09. The lowest BCUT2D eigenvalue weighted by molar-refractivity contribution is -0.113. The number of benzene rings is 1. The Hall–Kier alpha value is -1.82. The Morgan fingerprint density at radius 3 is 2.69 bits per heavy atom. The molecular weight excluding hydrogens is 344 g/mol. The van der Waals surface area contributed by atoms with E-state index in [0.717, 1.165) is 23.9 Å². The van der Waals surface area contributed by atoms with Crippen LogP contribution in [0.2, 0.25) is 0 Å². The number of nitrogens with one attached hydrogen (secondary N) is 2. The Morgan fingerprint density at radius 1 is 1.27 bits per heavy atom. The number of H-pyrrole nitrogens is 1. The van der Waals surface area contributed by atoms with E-state index in [4.69, 9.17) is 0 Å². The zero-order valence-electron chi connectivity index (χ0n) is 15.6. The fraction of sp³-hybridized carbons (Fsp3) is 0.550. The summed E-state index contributed by atoms with van der Waals surface area (Å²) in [4.78, 5) is 16.6. The normalized spacial score (nSPS) is 14.9. The van der Waals surface area contributed by atoms with Gasteiger partial charge in [0.25, 0.3) is 0 Å². The number of anilines is 1. The second-order valence-corrected chi connectivity index (χ2v) is 8.31. The van der Waals surface area contributed by atoms with E-state index in [-0.39, 0.29) is 5.91 Å². The van der Waals surface area contributed by atoms with Gasteiger partial charge in [0.05, 0.1) is 5.75 Å². The second-order valence-electron chi connectivity index (χ2n) is 7.37. The lowest BCUT2D eigenvalue weighted by Crippen LogP contribution is -2.14. The van der Waals surface area contributed by atoms with Crippen LogP contribution in [-0.2, 0) is 11.2 Å². The van der Waals surface area contributed by atoms with Crippen molar-refractivity contribution in [1.82, 2.24) is 15.2 Å². The van der Waals surface area contributed by atoms with Crippen LogP contribution in [0, 0.1) is 5.92 Å². The van der Waals surface area contributed by atoms with Gasteiger partial charge in [0.2, 0.25) is 11.1 Å². The highest BCUT2D eigenvalue weighted by molar-refractivity contribution is 7.99. The number of carbonyl (C=O) groups is 1. The van der Waals surface area contributed by atoms with Crippen LogP contribution in [0.25, 0.3) is 0 Å². The van der Waals surface area contributed by atoms with E-state index in [9.17, 15) is 4.79 Å². The summed E-state index contributed by atoms with van der Waals surface area (Å²) in [6.07, 6.45) is 7.59. The highest BCUT2D eigenvalue weighted by atomic mass is 32.2. The topological polar surface area (TPSA) is 70.7 Å². The summed E-state index contributed by atoms with van der Waals surface area (Å²) in [7, 11) is 0. The highest BCUT2D eigenvalue weighted by Crippen LogP contribution is 2.28. The van der Waals surface area contributed by atoms with Gasteiger partial charge >= 0.3 is 0 Å². The molecule has 5 nitrogen and oxygen atoms in total. The van der Waals surface area contributed by atoms with Crippen molar-refractivity contribution < 1.29 is 4.79 Å². The van der Waals surface area contributed by atoms with Crippen molar-refractivity contribution in [2.24, 2.45) is 5.92 Å². The van der Waals surface area contributed by atoms with Crippen LogP contribution in [0.5, 0.6) is 0 Å². The molecule has 0 spiro atoms. The van der Waals surface area contributed by atoms with Crippen molar-refractivity contribution >= 4 is 23.4 Å². The molecule has 1 amide bonds. The Bertz CT molecular complexity index is 705. The number of aryl methyl sites for hydroxylation is 1. The van der Waals surface area contributed by atoms with Gasteiger partial charge in [0.15, 0.2) is 0 Å². The number of amides is 1. The number of aromatic nitrogens is 3. The number of hydrogen-bond donors (Lipinski definition) is 2. The first-order valence-corrected chi connectivity index (χ1v) is 10.5. The van der Waals surface area contributed by atoms with E-state index in [1.165, 1.54) is 49.4 Å². The average Bonchev–Trinajstić information content (AvgIpc) is 3.30. The van der Waals surface area contributed by atoms with Gasteiger partial charge in [-0.15, -0.1) is 5.10 Å². The van der Waals surface area contributed by atoms with Crippen molar-refractivity contribution in [2.45, 2.75) is 63.4 Å². The molecule has 1 saturated carbocycles. The van der Waals surface area contributed by atoms with Crippen molar-refractivity contribution in [2.75, 3.05) is 11.1 Å². The number of aromatic amines is 1. The van der Waals surface area contributed by atoms with Gasteiger partial charge in [-0.2, -0.15) is 0 Å². The molecule has 1 aromatic carbocycles. The Balaban J connectivity index is 1.41. The molecule has 6 heteroatoms. The monoisotopic (exact) mass is 372 g/mol. The molecule has 3 rings (SSSR count). The standard InChI is InChI=1S/C20H28N4OS/c1-14(2)16-8-10-17(11-9-16)21-19(25)13-26-20-22-18(23-24-20)12-7-15-5-3-4-6-15/h8-11,14-15H,3-7,12-13H2,1-2H3,(H,21,25)(H,22,23,24). The SMILES string of the molecule is CC(C)c1ccc(NC(=O)CSc2n[nH]c(CCC3CCCC3)n2)cc1. The van der Waals surface area contributed by atoms with E-state index in [1.807, 2.05) is 12.1 Å². The molecule has 1 fully saturated rings. The zero-order chi connectivity index (χ0) is 18.4. The van der Waals surface area contributed by atoms with Crippen LogP contribution in [0.3, 0.4) is 0 Å². The van der Waals surface area contributed by atoms with Gasteiger partial charge in [-0.05, 0) is 36.0 Å². The maximum Gasteiger partial charge on any atom is 0.234 e. The Kier molecular flexibility index (Phi) is 6.72. The van der Waals surface area contributed by atoms with E-state index < -0.39 is 0 Å². The minimum atomic E-state index is -0.0374. The predicted octanol–water partition coefficient (Wildman–Crippen LogP) is 4.78. The molecule has 1 aliphatic carbocycles. The summed E-state index contributed by atoms with van der Waals surface area (Å²) < 4.78 is 0. The summed E-state index contributed by atoms with van der Waals surface area (Å²) in [6.45, 7) is 4.31. The van der Waals surface area contributed by atoms with Gasteiger partial charge in [0.1, 0.15) is 5.82 Å². The van der Waals surface area contributed by atoms with Crippen LogP contribution in [0.4, 0.5) is 5.69 Å². The summed E-state index contributed by atoms with van der Waals surface area (Å²) in [5.74, 6) is 2.55. The Morgan fingerprint density at radius 2 is 2.00 bits per heavy atom. The Labute approximate surface area is 159 Å². The third-order valence-corrected chi connectivity index (χ3v) is 5.82. The molecule has 0 unspecified atom stereocenters.